The summed E-state index contributed by atoms with van der Waals surface area (Å²) in [5.74, 6) is 0.913. The highest BCUT2D eigenvalue weighted by atomic mass is 16.5. The molecule has 0 amide bonds. The molecule has 0 aromatic heterocycles. The van der Waals surface area contributed by atoms with Crippen molar-refractivity contribution in [1.82, 2.24) is 4.90 Å². The third kappa shape index (κ3) is 11.9. The molecule has 0 aliphatic rings. The lowest BCUT2D eigenvalue weighted by Crippen LogP contribution is -2.34. The van der Waals surface area contributed by atoms with Gasteiger partial charge in [-0.3, -0.25) is 0 Å². The second kappa shape index (κ2) is 13.9. The van der Waals surface area contributed by atoms with Gasteiger partial charge >= 0.3 is 0 Å². The average molecular weight is 310 g/mol. The third-order valence-corrected chi connectivity index (χ3v) is 4.45. The maximum absolute atomic E-state index is 5.12. The van der Waals surface area contributed by atoms with Gasteiger partial charge in [0.15, 0.2) is 0 Å². The predicted molar refractivity (Wildman–Crippen MR) is 99.2 cm³/mol. The summed E-state index contributed by atoms with van der Waals surface area (Å²) in [7, 11) is 1.71. The minimum absolute atomic E-state index is 0.704. The molecule has 0 saturated carbocycles. The van der Waals surface area contributed by atoms with Crippen molar-refractivity contribution >= 4 is 0 Å². The van der Waals surface area contributed by atoms with Crippen LogP contribution >= 0.6 is 0 Å². The topological polar surface area (TPSA) is 12.5 Å². The quantitative estimate of drug-likeness (QED) is 0.211. The Labute approximate surface area is 139 Å². The summed E-state index contributed by atoms with van der Waals surface area (Å²) in [4.78, 5) is 2.67. The van der Waals surface area contributed by atoms with Crippen molar-refractivity contribution in [1.29, 1.82) is 0 Å². The molecule has 130 valence electrons. The normalized spacial score (nSPS) is 12.4. The average Bonchev–Trinajstić information content (AvgIpc) is 2.50. The Morgan fingerprint density at radius 2 is 1.50 bits per heavy atom. The van der Waals surface area contributed by atoms with Gasteiger partial charge in [-0.2, -0.15) is 0 Å². The van der Waals surface area contributed by atoms with E-state index in [1.807, 2.05) is 0 Å². The number of rotatable bonds is 15. The summed E-state index contributed by atoms with van der Waals surface area (Å²) in [6.07, 6.45) is 11.1. The molecule has 1 atom stereocenters. The largest absolute Gasteiger partial charge is 0.502 e. The molecular formula is C20H39NO. The first-order valence-electron chi connectivity index (χ1n) is 9.11. The highest BCUT2D eigenvalue weighted by Crippen LogP contribution is 2.13. The number of ether oxygens (including phenoxy) is 1. The molecule has 0 N–H and O–H groups in total. The molecule has 2 nitrogen and oxygen atoms in total. The monoisotopic (exact) mass is 309 g/mol. The van der Waals surface area contributed by atoms with E-state index in [1.54, 1.807) is 7.11 Å². The first-order chi connectivity index (χ1) is 10.5. The van der Waals surface area contributed by atoms with Crippen molar-refractivity contribution in [2.24, 2.45) is 0 Å². The van der Waals surface area contributed by atoms with Crippen LogP contribution in [-0.4, -0.2) is 31.1 Å². The molecule has 22 heavy (non-hydrogen) atoms. The van der Waals surface area contributed by atoms with Crippen LogP contribution in [0.5, 0.6) is 0 Å². The van der Waals surface area contributed by atoms with Crippen molar-refractivity contribution in [2.75, 3.05) is 20.2 Å². The minimum atomic E-state index is 0.704. The Hall–Kier alpha value is -0.760. The number of hydrogen-bond acceptors (Lipinski definition) is 2. The van der Waals surface area contributed by atoms with Crippen molar-refractivity contribution < 1.29 is 4.74 Å². The van der Waals surface area contributed by atoms with Crippen LogP contribution in [0.4, 0.5) is 0 Å². The number of nitrogens with zero attached hydrogens (tertiary/aromatic N) is 1. The van der Waals surface area contributed by atoms with Crippen LogP contribution in [0, 0.1) is 0 Å². The molecule has 0 aromatic carbocycles. The van der Waals surface area contributed by atoms with E-state index in [4.69, 9.17) is 4.74 Å². The van der Waals surface area contributed by atoms with Crippen LogP contribution < -0.4 is 0 Å². The molecule has 0 saturated heterocycles. The summed E-state index contributed by atoms with van der Waals surface area (Å²) in [6, 6.07) is 0.704. The Kier molecular flexibility index (Phi) is 13.4. The van der Waals surface area contributed by atoms with Gasteiger partial charge in [0.05, 0.1) is 12.9 Å². The molecule has 0 aromatic rings. The van der Waals surface area contributed by atoms with Crippen molar-refractivity contribution in [3.63, 3.8) is 0 Å². The highest BCUT2D eigenvalue weighted by molar-refractivity contribution is 4.87. The maximum Gasteiger partial charge on any atom is 0.0883 e. The first kappa shape index (κ1) is 21.2. The second-order valence-corrected chi connectivity index (χ2v) is 6.61. The fourth-order valence-corrected chi connectivity index (χ4v) is 2.65. The van der Waals surface area contributed by atoms with Crippen LogP contribution in [-0.2, 0) is 4.74 Å². The van der Waals surface area contributed by atoms with Gasteiger partial charge < -0.3 is 9.64 Å². The van der Waals surface area contributed by atoms with Crippen LogP contribution in [0.15, 0.2) is 24.5 Å². The molecule has 0 fully saturated rings. The zero-order chi connectivity index (χ0) is 16.8. The molecule has 0 heterocycles. The lowest BCUT2D eigenvalue weighted by atomic mass is 10.1. The Balaban J connectivity index is 3.83. The Bertz CT molecular complexity index is 298. The first-order valence-corrected chi connectivity index (χ1v) is 9.11. The van der Waals surface area contributed by atoms with E-state index in [9.17, 15) is 0 Å². The summed E-state index contributed by atoms with van der Waals surface area (Å²) in [5.41, 5.74) is 1.32. The standard InChI is InChI=1S/C20H39NO/c1-7-19(4)21(16-12-8-10-14-18(2)3)17-13-9-11-15-20(5)22-6/h19H,2,5,7-17H2,1,3-4,6H3. The maximum atomic E-state index is 5.12. The number of unbranched alkanes of at least 4 members (excludes halogenated alkanes) is 4. The van der Waals surface area contributed by atoms with Gasteiger partial charge in [0.2, 0.25) is 0 Å². The lowest BCUT2D eigenvalue weighted by molar-refractivity contribution is 0.194. The number of methoxy groups -OCH3 is 1. The van der Waals surface area contributed by atoms with E-state index in [2.05, 4.69) is 38.8 Å². The molecule has 0 bridgehead atoms. The molecule has 1 unspecified atom stereocenters. The van der Waals surface area contributed by atoms with E-state index in [0.29, 0.717) is 6.04 Å². The Morgan fingerprint density at radius 1 is 0.955 bits per heavy atom. The molecule has 0 rings (SSSR count). The summed E-state index contributed by atoms with van der Waals surface area (Å²) >= 11 is 0. The van der Waals surface area contributed by atoms with Crippen molar-refractivity contribution in [3.8, 4) is 0 Å². The fraction of sp³-hybridized carbons (Fsp3) is 0.800. The van der Waals surface area contributed by atoms with Gasteiger partial charge in [-0.1, -0.05) is 31.9 Å². The van der Waals surface area contributed by atoms with Crippen LogP contribution in [0.2, 0.25) is 0 Å². The van der Waals surface area contributed by atoms with E-state index in [0.717, 1.165) is 12.2 Å². The van der Waals surface area contributed by atoms with E-state index < -0.39 is 0 Å². The van der Waals surface area contributed by atoms with Crippen molar-refractivity contribution in [2.45, 2.75) is 84.6 Å². The van der Waals surface area contributed by atoms with Gasteiger partial charge in [0, 0.05) is 12.5 Å². The lowest BCUT2D eigenvalue weighted by Gasteiger charge is -2.28. The molecule has 0 aliphatic heterocycles. The number of hydrogen-bond donors (Lipinski definition) is 0. The zero-order valence-corrected chi connectivity index (χ0v) is 15.6. The molecule has 0 spiro atoms. The summed E-state index contributed by atoms with van der Waals surface area (Å²) in [6.45, 7) is 17.1. The summed E-state index contributed by atoms with van der Waals surface area (Å²) in [5, 5.41) is 0. The minimum Gasteiger partial charge on any atom is -0.502 e. The molecular weight excluding hydrogens is 270 g/mol. The molecule has 2 heteroatoms. The van der Waals surface area contributed by atoms with Gasteiger partial charge in [-0.05, 0) is 65.5 Å². The number of allylic oxidation sites excluding steroid dienone is 2. The van der Waals surface area contributed by atoms with Crippen LogP contribution in [0.3, 0.4) is 0 Å². The van der Waals surface area contributed by atoms with Crippen LogP contribution in [0.25, 0.3) is 0 Å². The predicted octanol–water partition coefficient (Wildman–Crippen LogP) is 5.94. The zero-order valence-electron chi connectivity index (χ0n) is 15.6. The SMILES string of the molecule is C=C(C)CCCCCN(CCCCCC(=C)OC)C(C)CC. The summed E-state index contributed by atoms with van der Waals surface area (Å²) < 4.78 is 5.12. The fourth-order valence-electron chi connectivity index (χ4n) is 2.65. The Morgan fingerprint density at radius 3 is 1.95 bits per heavy atom. The second-order valence-electron chi connectivity index (χ2n) is 6.61. The van der Waals surface area contributed by atoms with Crippen LogP contribution in [0.1, 0.15) is 78.6 Å². The third-order valence-electron chi connectivity index (χ3n) is 4.45. The highest BCUT2D eigenvalue weighted by Gasteiger charge is 2.11. The van der Waals surface area contributed by atoms with Gasteiger partial charge in [0.1, 0.15) is 0 Å². The van der Waals surface area contributed by atoms with Crippen molar-refractivity contribution in [3.05, 3.63) is 24.5 Å². The van der Waals surface area contributed by atoms with Gasteiger partial charge in [0.25, 0.3) is 0 Å². The van der Waals surface area contributed by atoms with E-state index >= 15 is 0 Å². The van der Waals surface area contributed by atoms with Gasteiger partial charge in [-0.15, -0.1) is 6.58 Å². The van der Waals surface area contributed by atoms with E-state index in [1.165, 1.54) is 70.0 Å². The van der Waals surface area contributed by atoms with E-state index in [-0.39, 0.29) is 0 Å². The molecule has 0 aliphatic carbocycles. The van der Waals surface area contributed by atoms with Gasteiger partial charge in [-0.25, -0.2) is 0 Å². The smallest absolute Gasteiger partial charge is 0.0883 e. The molecule has 0 radical (unpaired) electrons.